The summed E-state index contributed by atoms with van der Waals surface area (Å²) < 4.78 is 5.29. The van der Waals surface area contributed by atoms with Gasteiger partial charge in [0.25, 0.3) is 0 Å². The van der Waals surface area contributed by atoms with Crippen LogP contribution < -0.4 is 11.1 Å². The average Bonchev–Trinajstić information content (AvgIpc) is 2.92. The molecule has 0 fully saturated rings. The van der Waals surface area contributed by atoms with Crippen LogP contribution in [0.1, 0.15) is 22.9 Å². The van der Waals surface area contributed by atoms with Crippen LogP contribution in [0.4, 0.5) is 5.69 Å². The third-order valence-corrected chi connectivity index (χ3v) is 3.61. The Morgan fingerprint density at radius 1 is 1.32 bits per heavy atom. The van der Waals surface area contributed by atoms with E-state index in [0.29, 0.717) is 22.8 Å². The van der Waals surface area contributed by atoms with Gasteiger partial charge in [-0.3, -0.25) is 4.79 Å². The fraction of sp³-hybridized carbons (Fsp3) is 0.154. The Morgan fingerprint density at radius 3 is 2.79 bits per heavy atom. The summed E-state index contributed by atoms with van der Waals surface area (Å²) in [6.45, 7) is 0. The minimum absolute atomic E-state index is 0.0437. The number of furan rings is 1. The predicted molar refractivity (Wildman–Crippen MR) is 73.5 cm³/mol. The number of hydrogen-bond donors (Lipinski definition) is 2. The van der Waals surface area contributed by atoms with E-state index in [4.69, 9.17) is 33.4 Å². The first-order chi connectivity index (χ1) is 9.04. The topological polar surface area (TPSA) is 68.3 Å². The highest BCUT2D eigenvalue weighted by Crippen LogP contribution is 2.35. The van der Waals surface area contributed by atoms with Gasteiger partial charge in [0.1, 0.15) is 5.76 Å². The maximum Gasteiger partial charge on any atom is 0.228 e. The number of carbonyl (C=O) groups excluding carboxylic acids is 1. The van der Waals surface area contributed by atoms with Gasteiger partial charge in [0.15, 0.2) is 5.22 Å². The number of carbonyl (C=O) groups is 1. The fourth-order valence-electron chi connectivity index (χ4n) is 2.15. The Kier molecular flexibility index (Phi) is 3.01. The van der Waals surface area contributed by atoms with Gasteiger partial charge in [0.05, 0.1) is 12.5 Å². The molecule has 6 heteroatoms. The molecule has 1 unspecified atom stereocenters. The molecular weight excluding hydrogens is 287 g/mol. The van der Waals surface area contributed by atoms with Crippen LogP contribution >= 0.6 is 23.2 Å². The van der Waals surface area contributed by atoms with Crippen molar-refractivity contribution in [1.82, 2.24) is 0 Å². The third-order valence-electron chi connectivity index (χ3n) is 3.08. The smallest absolute Gasteiger partial charge is 0.228 e. The van der Waals surface area contributed by atoms with Crippen LogP contribution in [0, 0.1) is 0 Å². The van der Waals surface area contributed by atoms with Crippen LogP contribution in [0.5, 0.6) is 0 Å². The first kappa shape index (κ1) is 12.5. The van der Waals surface area contributed by atoms with E-state index in [1.807, 2.05) is 6.07 Å². The molecule has 1 aromatic carbocycles. The van der Waals surface area contributed by atoms with Gasteiger partial charge >= 0.3 is 0 Å². The largest absolute Gasteiger partial charge is 0.448 e. The van der Waals surface area contributed by atoms with E-state index in [1.54, 1.807) is 18.2 Å². The summed E-state index contributed by atoms with van der Waals surface area (Å²) in [5.74, 6) is 0.488. The van der Waals surface area contributed by atoms with Crippen LogP contribution in [-0.4, -0.2) is 5.91 Å². The summed E-state index contributed by atoms with van der Waals surface area (Å²) in [6.07, 6.45) is 0.338. The highest BCUT2D eigenvalue weighted by molar-refractivity contribution is 6.32. The molecule has 1 atom stereocenters. The van der Waals surface area contributed by atoms with Gasteiger partial charge in [-0.05, 0) is 47.0 Å². The predicted octanol–water partition coefficient (Wildman–Crippen LogP) is 3.13. The third kappa shape index (κ3) is 2.23. The Balaban J connectivity index is 2.02. The summed E-state index contributed by atoms with van der Waals surface area (Å²) in [4.78, 5) is 11.3. The Labute approximate surface area is 119 Å². The van der Waals surface area contributed by atoms with Crippen molar-refractivity contribution in [2.24, 2.45) is 5.73 Å². The molecule has 2 aromatic rings. The summed E-state index contributed by atoms with van der Waals surface area (Å²) in [6, 6.07) is 6.36. The molecular formula is C13H10Cl2N2O2. The number of anilines is 1. The van der Waals surface area contributed by atoms with Gasteiger partial charge in [0, 0.05) is 10.7 Å². The zero-order valence-electron chi connectivity index (χ0n) is 9.74. The van der Waals surface area contributed by atoms with Crippen LogP contribution in [0.2, 0.25) is 10.2 Å². The van der Waals surface area contributed by atoms with E-state index in [1.165, 1.54) is 0 Å². The van der Waals surface area contributed by atoms with E-state index in [9.17, 15) is 4.79 Å². The van der Waals surface area contributed by atoms with Crippen LogP contribution in [0.25, 0.3) is 0 Å². The average molecular weight is 297 g/mol. The number of benzene rings is 1. The van der Waals surface area contributed by atoms with Crippen molar-refractivity contribution in [3.05, 3.63) is 51.4 Å². The Hall–Kier alpha value is -1.49. The van der Waals surface area contributed by atoms with Gasteiger partial charge < -0.3 is 15.5 Å². The second-order valence-electron chi connectivity index (χ2n) is 4.38. The van der Waals surface area contributed by atoms with Crippen molar-refractivity contribution in [3.63, 3.8) is 0 Å². The summed E-state index contributed by atoms with van der Waals surface area (Å²) in [7, 11) is 0. The van der Waals surface area contributed by atoms with Crippen molar-refractivity contribution >= 4 is 34.8 Å². The fourth-order valence-corrected chi connectivity index (χ4v) is 2.59. The molecule has 1 aromatic heterocycles. The van der Waals surface area contributed by atoms with E-state index in [-0.39, 0.29) is 11.1 Å². The molecule has 19 heavy (non-hydrogen) atoms. The van der Waals surface area contributed by atoms with Crippen molar-refractivity contribution < 1.29 is 9.21 Å². The quantitative estimate of drug-likeness (QED) is 0.894. The number of halogens is 2. The molecule has 0 radical (unpaired) electrons. The van der Waals surface area contributed by atoms with E-state index >= 15 is 0 Å². The van der Waals surface area contributed by atoms with Gasteiger partial charge in [0.2, 0.25) is 5.91 Å². The van der Waals surface area contributed by atoms with Crippen molar-refractivity contribution in [2.45, 2.75) is 12.5 Å². The Bertz CT molecular complexity index is 667. The standard InChI is InChI=1S/C13H10Cl2N2O2/c14-8-5-9-6(4-12(18)17-9)3-7(8)13(16)10-1-2-11(15)19-10/h1-3,5,13H,4,16H2,(H,17,18). The van der Waals surface area contributed by atoms with E-state index in [0.717, 1.165) is 11.3 Å². The van der Waals surface area contributed by atoms with Crippen molar-refractivity contribution in [1.29, 1.82) is 0 Å². The summed E-state index contributed by atoms with van der Waals surface area (Å²) >= 11 is 11.9. The normalized spacial score (nSPS) is 15.2. The maximum atomic E-state index is 11.3. The zero-order chi connectivity index (χ0) is 13.6. The highest BCUT2D eigenvalue weighted by atomic mass is 35.5. The van der Waals surface area contributed by atoms with Gasteiger partial charge in [-0.2, -0.15) is 0 Å². The van der Waals surface area contributed by atoms with Crippen LogP contribution in [0.15, 0.2) is 28.7 Å². The van der Waals surface area contributed by atoms with Gasteiger partial charge in [-0.1, -0.05) is 11.6 Å². The molecule has 0 spiro atoms. The molecule has 0 aliphatic carbocycles. The first-order valence-electron chi connectivity index (χ1n) is 5.67. The van der Waals surface area contributed by atoms with Crippen LogP contribution in [0.3, 0.4) is 0 Å². The van der Waals surface area contributed by atoms with Gasteiger partial charge in [-0.15, -0.1) is 0 Å². The zero-order valence-corrected chi connectivity index (χ0v) is 11.3. The second kappa shape index (κ2) is 4.56. The molecule has 1 aliphatic heterocycles. The minimum Gasteiger partial charge on any atom is -0.448 e. The van der Waals surface area contributed by atoms with E-state index in [2.05, 4.69) is 5.32 Å². The molecule has 3 rings (SSSR count). The summed E-state index contributed by atoms with van der Waals surface area (Å²) in [5, 5.41) is 3.50. The SMILES string of the molecule is NC(c1ccc(Cl)o1)c1cc2c(cc1Cl)NC(=O)C2. The molecule has 0 bridgehead atoms. The number of hydrogen-bond acceptors (Lipinski definition) is 3. The van der Waals surface area contributed by atoms with Crippen LogP contribution in [-0.2, 0) is 11.2 Å². The van der Waals surface area contributed by atoms with Gasteiger partial charge in [-0.25, -0.2) is 0 Å². The lowest BCUT2D eigenvalue weighted by Crippen LogP contribution is -2.11. The number of fused-ring (bicyclic) bond motifs is 1. The highest BCUT2D eigenvalue weighted by Gasteiger charge is 2.23. The lowest BCUT2D eigenvalue weighted by molar-refractivity contribution is -0.115. The lowest BCUT2D eigenvalue weighted by Gasteiger charge is -2.13. The molecule has 2 heterocycles. The molecule has 98 valence electrons. The van der Waals surface area contributed by atoms with Crippen molar-refractivity contribution in [2.75, 3.05) is 5.32 Å². The second-order valence-corrected chi connectivity index (χ2v) is 5.16. The molecule has 1 amide bonds. The van der Waals surface area contributed by atoms with Crippen molar-refractivity contribution in [3.8, 4) is 0 Å². The van der Waals surface area contributed by atoms with E-state index < -0.39 is 6.04 Å². The number of rotatable bonds is 2. The Morgan fingerprint density at radius 2 is 2.11 bits per heavy atom. The first-order valence-corrected chi connectivity index (χ1v) is 6.43. The summed E-state index contributed by atoms with van der Waals surface area (Å²) in [5.41, 5.74) is 8.45. The lowest BCUT2D eigenvalue weighted by atomic mass is 10.0. The molecule has 4 nitrogen and oxygen atoms in total. The monoisotopic (exact) mass is 296 g/mol. The molecule has 0 saturated heterocycles. The molecule has 1 aliphatic rings. The molecule has 3 N–H and O–H groups in total. The minimum atomic E-state index is -0.513. The number of nitrogens with two attached hydrogens (primary N) is 1. The number of nitrogens with one attached hydrogen (secondary N) is 1. The molecule has 0 saturated carbocycles. The number of amides is 1. The maximum absolute atomic E-state index is 11.3.